The van der Waals surface area contributed by atoms with Crippen LogP contribution in [0.15, 0.2) is 35.9 Å². The number of hydrogen-bond donors (Lipinski definition) is 2. The number of nitrogens with one attached hydrogen (secondary N) is 2. The van der Waals surface area contributed by atoms with Crippen molar-refractivity contribution >= 4 is 5.91 Å². The number of rotatable bonds is 3. The maximum Gasteiger partial charge on any atom is 0.228 e. The van der Waals surface area contributed by atoms with E-state index >= 15 is 0 Å². The molecule has 1 amide bonds. The Morgan fingerprint density at radius 2 is 2.28 bits per heavy atom. The van der Waals surface area contributed by atoms with Crippen LogP contribution in [0.4, 0.5) is 0 Å². The molecule has 3 nitrogen and oxygen atoms in total. The molecule has 1 aliphatic heterocycles. The Bertz CT molecular complexity index is 493. The van der Waals surface area contributed by atoms with Gasteiger partial charge in [0, 0.05) is 13.1 Å². The van der Waals surface area contributed by atoms with Gasteiger partial charge in [0.2, 0.25) is 5.91 Å². The summed E-state index contributed by atoms with van der Waals surface area (Å²) in [6.45, 7) is 2.66. The second-order valence-corrected chi connectivity index (χ2v) is 4.99. The van der Waals surface area contributed by atoms with Crippen LogP contribution in [0.1, 0.15) is 23.5 Å². The summed E-state index contributed by atoms with van der Waals surface area (Å²) in [6.07, 6.45) is 4.11. The highest BCUT2D eigenvalue weighted by atomic mass is 16.1. The average Bonchev–Trinajstić information content (AvgIpc) is 2.39. The van der Waals surface area contributed by atoms with Crippen LogP contribution >= 0.6 is 0 Å². The van der Waals surface area contributed by atoms with Crippen LogP contribution in [0, 0.1) is 0 Å². The minimum atomic E-state index is 0.0727. The van der Waals surface area contributed by atoms with Gasteiger partial charge in [-0.25, -0.2) is 0 Å². The summed E-state index contributed by atoms with van der Waals surface area (Å²) < 4.78 is 0. The van der Waals surface area contributed by atoms with Gasteiger partial charge in [0.1, 0.15) is 0 Å². The van der Waals surface area contributed by atoms with E-state index in [9.17, 15) is 4.79 Å². The molecule has 1 aromatic rings. The molecule has 1 aliphatic carbocycles. The van der Waals surface area contributed by atoms with Crippen molar-refractivity contribution in [1.82, 2.24) is 10.6 Å². The Labute approximate surface area is 107 Å². The van der Waals surface area contributed by atoms with Crippen molar-refractivity contribution in [2.45, 2.75) is 18.8 Å². The lowest BCUT2D eigenvalue weighted by Gasteiger charge is -2.29. The largest absolute Gasteiger partial charge is 0.352 e. The van der Waals surface area contributed by atoms with Crippen molar-refractivity contribution < 1.29 is 4.79 Å². The summed E-state index contributed by atoms with van der Waals surface area (Å²) in [5.41, 5.74) is 3.86. The molecule has 94 valence electrons. The van der Waals surface area contributed by atoms with Gasteiger partial charge in [-0.15, -0.1) is 0 Å². The van der Waals surface area contributed by atoms with E-state index in [0.717, 1.165) is 25.9 Å². The van der Waals surface area contributed by atoms with E-state index in [-0.39, 0.29) is 11.8 Å². The van der Waals surface area contributed by atoms with Gasteiger partial charge >= 0.3 is 0 Å². The first-order valence-corrected chi connectivity index (χ1v) is 6.59. The predicted molar refractivity (Wildman–Crippen MR) is 71.5 cm³/mol. The molecule has 18 heavy (non-hydrogen) atoms. The van der Waals surface area contributed by atoms with Gasteiger partial charge in [0.05, 0.1) is 5.92 Å². The molecule has 0 saturated carbocycles. The number of hydrogen-bond acceptors (Lipinski definition) is 2. The lowest BCUT2D eigenvalue weighted by atomic mass is 9.77. The van der Waals surface area contributed by atoms with Crippen molar-refractivity contribution in [3.05, 3.63) is 47.0 Å². The molecule has 0 radical (unpaired) electrons. The third-order valence-corrected chi connectivity index (χ3v) is 3.82. The average molecular weight is 242 g/mol. The van der Waals surface area contributed by atoms with Crippen LogP contribution in [-0.4, -0.2) is 25.5 Å². The highest BCUT2D eigenvalue weighted by molar-refractivity contribution is 5.87. The molecule has 0 bridgehead atoms. The van der Waals surface area contributed by atoms with Gasteiger partial charge in [0.15, 0.2) is 0 Å². The summed E-state index contributed by atoms with van der Waals surface area (Å²) in [5.74, 6) is 0.247. The monoisotopic (exact) mass is 242 g/mol. The van der Waals surface area contributed by atoms with Crippen molar-refractivity contribution in [3.63, 3.8) is 0 Å². The zero-order valence-corrected chi connectivity index (χ0v) is 10.4. The number of amides is 1. The number of carbonyl (C=O) groups is 1. The topological polar surface area (TPSA) is 41.1 Å². The van der Waals surface area contributed by atoms with E-state index in [4.69, 9.17) is 0 Å². The predicted octanol–water partition coefficient (Wildman–Crippen LogP) is 1.36. The van der Waals surface area contributed by atoms with E-state index in [1.807, 2.05) is 12.1 Å². The quantitative estimate of drug-likeness (QED) is 0.786. The Morgan fingerprint density at radius 3 is 3.06 bits per heavy atom. The van der Waals surface area contributed by atoms with Gasteiger partial charge in [-0.2, -0.15) is 0 Å². The van der Waals surface area contributed by atoms with Crippen molar-refractivity contribution in [3.8, 4) is 0 Å². The molecule has 2 N–H and O–H groups in total. The summed E-state index contributed by atoms with van der Waals surface area (Å²) in [6, 6.07) is 8.21. The molecule has 1 atom stereocenters. The van der Waals surface area contributed by atoms with Gasteiger partial charge in [0.25, 0.3) is 0 Å². The number of benzene rings is 1. The van der Waals surface area contributed by atoms with Gasteiger partial charge in [-0.3, -0.25) is 4.79 Å². The summed E-state index contributed by atoms with van der Waals surface area (Å²) in [7, 11) is 0. The maximum absolute atomic E-state index is 12.1. The molecule has 1 aromatic carbocycles. The Balaban J connectivity index is 1.56. The lowest BCUT2D eigenvalue weighted by molar-refractivity contribution is -0.122. The zero-order valence-electron chi connectivity index (χ0n) is 10.4. The highest BCUT2D eigenvalue weighted by Crippen LogP contribution is 2.34. The van der Waals surface area contributed by atoms with Gasteiger partial charge < -0.3 is 10.6 Å². The van der Waals surface area contributed by atoms with E-state index < -0.39 is 0 Å². The molecule has 3 rings (SSSR count). The van der Waals surface area contributed by atoms with Crippen LogP contribution in [-0.2, 0) is 11.2 Å². The van der Waals surface area contributed by atoms with Crippen LogP contribution in [0.5, 0.6) is 0 Å². The van der Waals surface area contributed by atoms with Gasteiger partial charge in [-0.05, 0) is 30.5 Å². The molecule has 0 fully saturated rings. The standard InChI is InChI=1S/C15H18N2O/c18-15(17-10-11-5-7-16-8-6-11)14-9-12-3-1-2-4-13(12)14/h1-5,14,16H,6-10H2,(H,17,18). The number of fused-ring (bicyclic) bond motifs is 1. The molecule has 3 heteroatoms. The molecule has 0 saturated heterocycles. The molecular formula is C15H18N2O. The molecular weight excluding hydrogens is 224 g/mol. The normalized spacial score (nSPS) is 21.6. The van der Waals surface area contributed by atoms with Gasteiger partial charge in [-0.1, -0.05) is 35.9 Å². The second kappa shape index (κ2) is 4.94. The van der Waals surface area contributed by atoms with Crippen molar-refractivity contribution in [2.24, 2.45) is 0 Å². The molecule has 1 heterocycles. The maximum atomic E-state index is 12.1. The summed E-state index contributed by atoms with van der Waals surface area (Å²) in [5, 5.41) is 6.33. The molecule has 0 aromatic heterocycles. The molecule has 2 aliphatic rings. The van der Waals surface area contributed by atoms with E-state index in [0.29, 0.717) is 6.54 Å². The fourth-order valence-electron chi connectivity index (χ4n) is 2.65. The van der Waals surface area contributed by atoms with Crippen LogP contribution in [0.25, 0.3) is 0 Å². The third kappa shape index (κ3) is 2.18. The minimum Gasteiger partial charge on any atom is -0.352 e. The highest BCUT2D eigenvalue weighted by Gasteiger charge is 2.31. The first-order chi connectivity index (χ1) is 8.84. The van der Waals surface area contributed by atoms with E-state index in [2.05, 4.69) is 28.8 Å². The smallest absolute Gasteiger partial charge is 0.228 e. The summed E-state index contributed by atoms with van der Waals surface area (Å²) >= 11 is 0. The Hall–Kier alpha value is -1.61. The van der Waals surface area contributed by atoms with Crippen molar-refractivity contribution in [2.75, 3.05) is 19.6 Å². The van der Waals surface area contributed by atoms with E-state index in [1.54, 1.807) is 0 Å². The van der Waals surface area contributed by atoms with Crippen LogP contribution < -0.4 is 10.6 Å². The first kappa shape index (κ1) is 11.5. The summed E-state index contributed by atoms with van der Waals surface area (Å²) in [4.78, 5) is 12.1. The molecule has 0 spiro atoms. The third-order valence-electron chi connectivity index (χ3n) is 3.82. The first-order valence-electron chi connectivity index (χ1n) is 6.59. The lowest BCUT2D eigenvalue weighted by Crippen LogP contribution is -2.37. The fourth-order valence-corrected chi connectivity index (χ4v) is 2.65. The number of carbonyl (C=O) groups excluding carboxylic acids is 1. The van der Waals surface area contributed by atoms with Crippen molar-refractivity contribution in [1.29, 1.82) is 0 Å². The van der Waals surface area contributed by atoms with Crippen LogP contribution in [0.2, 0.25) is 0 Å². The molecule has 1 unspecified atom stereocenters. The van der Waals surface area contributed by atoms with E-state index in [1.165, 1.54) is 16.7 Å². The second-order valence-electron chi connectivity index (χ2n) is 4.99. The minimum absolute atomic E-state index is 0.0727. The Morgan fingerprint density at radius 1 is 1.39 bits per heavy atom. The SMILES string of the molecule is O=C(NCC1=CCNCC1)C1Cc2ccccc21. The Kier molecular flexibility index (Phi) is 3.15. The zero-order chi connectivity index (χ0) is 12.4. The van der Waals surface area contributed by atoms with Crippen LogP contribution in [0.3, 0.4) is 0 Å². The fraction of sp³-hybridized carbons (Fsp3) is 0.400.